The SMILES string of the molecule is CCC1(C(=O)NCc2cccc(Br)c2)CCNC1. The van der Waals surface area contributed by atoms with Gasteiger partial charge >= 0.3 is 0 Å². The molecule has 1 heterocycles. The molecular formula is C14H19BrN2O. The fourth-order valence-electron chi connectivity index (χ4n) is 2.42. The molecule has 1 saturated heterocycles. The second-order valence-corrected chi connectivity index (χ2v) is 5.79. The molecule has 1 amide bonds. The molecule has 0 bridgehead atoms. The van der Waals surface area contributed by atoms with Crippen molar-refractivity contribution in [3.8, 4) is 0 Å². The molecule has 0 spiro atoms. The van der Waals surface area contributed by atoms with Gasteiger partial charge in [-0.25, -0.2) is 0 Å². The molecule has 2 N–H and O–H groups in total. The lowest BCUT2D eigenvalue weighted by atomic mass is 9.83. The van der Waals surface area contributed by atoms with Crippen molar-refractivity contribution in [3.63, 3.8) is 0 Å². The van der Waals surface area contributed by atoms with Gasteiger partial charge in [-0.15, -0.1) is 0 Å². The van der Waals surface area contributed by atoms with E-state index in [0.717, 1.165) is 36.0 Å². The number of hydrogen-bond donors (Lipinski definition) is 2. The molecular weight excluding hydrogens is 292 g/mol. The molecule has 1 unspecified atom stereocenters. The van der Waals surface area contributed by atoms with Crippen LogP contribution in [0, 0.1) is 5.41 Å². The van der Waals surface area contributed by atoms with Crippen LogP contribution in [0.25, 0.3) is 0 Å². The largest absolute Gasteiger partial charge is 0.352 e. The molecule has 98 valence electrons. The van der Waals surface area contributed by atoms with Gasteiger partial charge in [-0.1, -0.05) is 35.0 Å². The number of carbonyl (C=O) groups is 1. The van der Waals surface area contributed by atoms with E-state index in [2.05, 4.69) is 33.5 Å². The van der Waals surface area contributed by atoms with E-state index in [-0.39, 0.29) is 11.3 Å². The molecule has 1 aromatic rings. The minimum absolute atomic E-state index is 0.176. The lowest BCUT2D eigenvalue weighted by Crippen LogP contribution is -2.41. The van der Waals surface area contributed by atoms with Gasteiger partial charge < -0.3 is 10.6 Å². The molecule has 1 fully saturated rings. The van der Waals surface area contributed by atoms with Crippen LogP contribution in [0.5, 0.6) is 0 Å². The van der Waals surface area contributed by atoms with Gasteiger partial charge in [-0.2, -0.15) is 0 Å². The molecule has 1 aliphatic rings. The summed E-state index contributed by atoms with van der Waals surface area (Å²) in [5, 5.41) is 6.34. The Morgan fingerprint density at radius 3 is 3.00 bits per heavy atom. The van der Waals surface area contributed by atoms with Crippen molar-refractivity contribution in [2.45, 2.75) is 26.3 Å². The quantitative estimate of drug-likeness (QED) is 0.897. The summed E-state index contributed by atoms with van der Waals surface area (Å²) in [5.74, 6) is 0.176. The summed E-state index contributed by atoms with van der Waals surface area (Å²) in [5.41, 5.74) is 0.918. The smallest absolute Gasteiger partial charge is 0.227 e. The zero-order valence-corrected chi connectivity index (χ0v) is 12.2. The summed E-state index contributed by atoms with van der Waals surface area (Å²) in [6.45, 7) is 4.43. The normalized spacial score (nSPS) is 23.0. The number of carbonyl (C=O) groups excluding carboxylic acids is 1. The fourth-order valence-corrected chi connectivity index (χ4v) is 2.86. The standard InChI is InChI=1S/C14H19BrN2O/c1-2-14(6-7-16-10-14)13(18)17-9-11-4-3-5-12(15)8-11/h3-5,8,16H,2,6-7,9-10H2,1H3,(H,17,18). The van der Waals surface area contributed by atoms with E-state index in [1.165, 1.54) is 0 Å². The van der Waals surface area contributed by atoms with Gasteiger partial charge in [-0.05, 0) is 37.1 Å². The summed E-state index contributed by atoms with van der Waals surface area (Å²) in [4.78, 5) is 12.3. The molecule has 0 aromatic heterocycles. The highest BCUT2D eigenvalue weighted by Gasteiger charge is 2.39. The Morgan fingerprint density at radius 2 is 2.39 bits per heavy atom. The molecule has 0 radical (unpaired) electrons. The topological polar surface area (TPSA) is 41.1 Å². The first-order valence-electron chi connectivity index (χ1n) is 6.40. The van der Waals surface area contributed by atoms with Crippen LogP contribution in [0.3, 0.4) is 0 Å². The van der Waals surface area contributed by atoms with Gasteiger partial charge in [0.2, 0.25) is 5.91 Å². The van der Waals surface area contributed by atoms with Crippen molar-refractivity contribution in [1.82, 2.24) is 10.6 Å². The number of amides is 1. The van der Waals surface area contributed by atoms with Crippen LogP contribution in [-0.2, 0) is 11.3 Å². The van der Waals surface area contributed by atoms with Gasteiger partial charge in [0.25, 0.3) is 0 Å². The highest BCUT2D eigenvalue weighted by atomic mass is 79.9. The van der Waals surface area contributed by atoms with E-state index in [0.29, 0.717) is 6.54 Å². The Bertz CT molecular complexity index is 428. The minimum atomic E-state index is -0.202. The molecule has 18 heavy (non-hydrogen) atoms. The highest BCUT2D eigenvalue weighted by molar-refractivity contribution is 9.10. The Morgan fingerprint density at radius 1 is 1.56 bits per heavy atom. The highest BCUT2D eigenvalue weighted by Crippen LogP contribution is 2.29. The third-order valence-electron chi connectivity index (χ3n) is 3.74. The van der Waals surface area contributed by atoms with Crippen molar-refractivity contribution in [1.29, 1.82) is 0 Å². The summed E-state index contributed by atoms with van der Waals surface area (Å²) < 4.78 is 1.04. The van der Waals surface area contributed by atoms with E-state index in [1.54, 1.807) is 0 Å². The third-order valence-corrected chi connectivity index (χ3v) is 4.24. The average molecular weight is 311 g/mol. The van der Waals surface area contributed by atoms with E-state index in [4.69, 9.17) is 0 Å². The van der Waals surface area contributed by atoms with Gasteiger partial charge in [-0.3, -0.25) is 4.79 Å². The van der Waals surface area contributed by atoms with Crippen LogP contribution in [-0.4, -0.2) is 19.0 Å². The van der Waals surface area contributed by atoms with Crippen molar-refractivity contribution in [3.05, 3.63) is 34.3 Å². The first kappa shape index (κ1) is 13.6. The van der Waals surface area contributed by atoms with Crippen LogP contribution >= 0.6 is 15.9 Å². The van der Waals surface area contributed by atoms with Gasteiger partial charge in [0.15, 0.2) is 0 Å². The van der Waals surface area contributed by atoms with Crippen LogP contribution in [0.4, 0.5) is 0 Å². The molecule has 1 atom stereocenters. The van der Waals surface area contributed by atoms with E-state index < -0.39 is 0 Å². The zero-order chi connectivity index (χ0) is 13.0. The van der Waals surface area contributed by atoms with Crippen molar-refractivity contribution >= 4 is 21.8 Å². The van der Waals surface area contributed by atoms with E-state index in [1.807, 2.05) is 24.3 Å². The predicted molar refractivity (Wildman–Crippen MR) is 76.2 cm³/mol. The van der Waals surface area contributed by atoms with E-state index >= 15 is 0 Å². The summed E-state index contributed by atoms with van der Waals surface area (Å²) in [6.07, 6.45) is 1.83. The Labute approximate surface area is 116 Å². The van der Waals surface area contributed by atoms with Gasteiger partial charge in [0.1, 0.15) is 0 Å². The number of benzene rings is 1. The second kappa shape index (κ2) is 5.85. The van der Waals surface area contributed by atoms with Crippen molar-refractivity contribution in [2.75, 3.05) is 13.1 Å². The number of halogens is 1. The maximum atomic E-state index is 12.3. The first-order chi connectivity index (χ1) is 8.66. The third kappa shape index (κ3) is 2.93. The Balaban J connectivity index is 1.95. The van der Waals surface area contributed by atoms with Crippen molar-refractivity contribution < 1.29 is 4.79 Å². The van der Waals surface area contributed by atoms with Crippen LogP contribution in [0.2, 0.25) is 0 Å². The maximum absolute atomic E-state index is 12.3. The van der Waals surface area contributed by atoms with Crippen molar-refractivity contribution in [2.24, 2.45) is 5.41 Å². The van der Waals surface area contributed by atoms with Crippen LogP contribution in [0.15, 0.2) is 28.7 Å². The average Bonchev–Trinajstić information content (AvgIpc) is 2.86. The fraction of sp³-hybridized carbons (Fsp3) is 0.500. The maximum Gasteiger partial charge on any atom is 0.227 e. The number of rotatable bonds is 4. The number of hydrogen-bond acceptors (Lipinski definition) is 2. The Hall–Kier alpha value is -0.870. The summed E-state index contributed by atoms with van der Waals surface area (Å²) in [6, 6.07) is 8.03. The lowest BCUT2D eigenvalue weighted by Gasteiger charge is -2.25. The predicted octanol–water partition coefficient (Wildman–Crippen LogP) is 2.46. The lowest BCUT2D eigenvalue weighted by molar-refractivity contribution is -0.130. The first-order valence-corrected chi connectivity index (χ1v) is 7.19. The minimum Gasteiger partial charge on any atom is -0.352 e. The second-order valence-electron chi connectivity index (χ2n) is 4.87. The molecule has 0 saturated carbocycles. The monoisotopic (exact) mass is 310 g/mol. The molecule has 1 aromatic carbocycles. The van der Waals surface area contributed by atoms with Gasteiger partial charge in [0, 0.05) is 17.6 Å². The van der Waals surface area contributed by atoms with E-state index in [9.17, 15) is 4.79 Å². The number of nitrogens with one attached hydrogen (secondary N) is 2. The Kier molecular flexibility index (Phi) is 4.40. The molecule has 3 nitrogen and oxygen atoms in total. The molecule has 4 heteroatoms. The zero-order valence-electron chi connectivity index (χ0n) is 10.6. The van der Waals surface area contributed by atoms with Crippen LogP contribution < -0.4 is 10.6 Å². The molecule has 2 rings (SSSR count). The van der Waals surface area contributed by atoms with Crippen LogP contribution in [0.1, 0.15) is 25.3 Å². The molecule has 0 aliphatic carbocycles. The van der Waals surface area contributed by atoms with Gasteiger partial charge in [0.05, 0.1) is 5.41 Å². The summed E-state index contributed by atoms with van der Waals surface area (Å²) in [7, 11) is 0. The summed E-state index contributed by atoms with van der Waals surface area (Å²) >= 11 is 3.44. The molecule has 1 aliphatic heterocycles.